The molecular formula is C17H27N. The number of anilines is 1. The number of benzene rings is 1. The lowest BCUT2D eigenvalue weighted by atomic mass is 9.96. The predicted molar refractivity (Wildman–Crippen MR) is 80.4 cm³/mol. The average Bonchev–Trinajstić information content (AvgIpc) is 2.68. The molecule has 0 saturated carbocycles. The molecule has 0 N–H and O–H groups in total. The Bertz CT molecular complexity index is 333. The van der Waals surface area contributed by atoms with E-state index in [9.17, 15) is 0 Å². The molecule has 1 fully saturated rings. The zero-order valence-electron chi connectivity index (χ0n) is 12.0. The van der Waals surface area contributed by atoms with Gasteiger partial charge in [0.1, 0.15) is 0 Å². The van der Waals surface area contributed by atoms with Crippen molar-refractivity contribution in [1.82, 2.24) is 0 Å². The Morgan fingerprint density at radius 1 is 1.00 bits per heavy atom. The highest BCUT2D eigenvalue weighted by atomic mass is 15.1. The molecule has 0 radical (unpaired) electrons. The molecule has 2 rings (SSSR count). The molecule has 1 nitrogen and oxygen atoms in total. The van der Waals surface area contributed by atoms with E-state index in [-0.39, 0.29) is 0 Å². The lowest BCUT2D eigenvalue weighted by Gasteiger charge is -2.23. The minimum Gasteiger partial charge on any atom is -0.372 e. The Balaban J connectivity index is 2.01. The van der Waals surface area contributed by atoms with Crippen LogP contribution in [0.4, 0.5) is 5.69 Å². The van der Waals surface area contributed by atoms with Gasteiger partial charge in [-0.3, -0.25) is 0 Å². The first-order chi connectivity index (χ1) is 8.81. The summed E-state index contributed by atoms with van der Waals surface area (Å²) in [6.07, 6.45) is 8.09. The molecular weight excluding hydrogens is 218 g/mol. The SMILES string of the molecule is CCCC(C)c1ccc(N2CCCCCC2)cc1. The van der Waals surface area contributed by atoms with Gasteiger partial charge in [0.2, 0.25) is 0 Å². The second-order valence-corrected chi connectivity index (χ2v) is 5.68. The molecule has 0 bridgehead atoms. The fraction of sp³-hybridized carbons (Fsp3) is 0.647. The summed E-state index contributed by atoms with van der Waals surface area (Å²) in [5, 5.41) is 0. The third-order valence-electron chi connectivity index (χ3n) is 4.16. The highest BCUT2D eigenvalue weighted by Crippen LogP contribution is 2.25. The van der Waals surface area contributed by atoms with Gasteiger partial charge in [0.25, 0.3) is 0 Å². The molecule has 0 aliphatic carbocycles. The molecule has 1 aromatic carbocycles. The van der Waals surface area contributed by atoms with Gasteiger partial charge >= 0.3 is 0 Å². The van der Waals surface area contributed by atoms with Gasteiger partial charge in [-0.05, 0) is 42.9 Å². The van der Waals surface area contributed by atoms with Gasteiger partial charge in [-0.25, -0.2) is 0 Å². The van der Waals surface area contributed by atoms with E-state index in [1.807, 2.05) is 0 Å². The standard InChI is InChI=1S/C17H27N/c1-3-8-15(2)16-9-11-17(12-10-16)18-13-6-4-5-7-14-18/h9-12,15H,3-8,13-14H2,1-2H3. The minimum atomic E-state index is 0.702. The topological polar surface area (TPSA) is 3.24 Å². The molecule has 1 saturated heterocycles. The van der Waals surface area contributed by atoms with Crippen molar-refractivity contribution in [1.29, 1.82) is 0 Å². The van der Waals surface area contributed by atoms with E-state index in [2.05, 4.69) is 43.0 Å². The fourth-order valence-electron chi connectivity index (χ4n) is 2.94. The van der Waals surface area contributed by atoms with Crippen molar-refractivity contribution in [3.05, 3.63) is 29.8 Å². The molecule has 1 aliphatic rings. The van der Waals surface area contributed by atoms with Gasteiger partial charge in [0.15, 0.2) is 0 Å². The van der Waals surface area contributed by atoms with Crippen LogP contribution in [-0.2, 0) is 0 Å². The Labute approximate surface area is 112 Å². The summed E-state index contributed by atoms with van der Waals surface area (Å²) in [6.45, 7) is 7.08. The summed E-state index contributed by atoms with van der Waals surface area (Å²) >= 11 is 0. The molecule has 1 aliphatic heterocycles. The maximum absolute atomic E-state index is 2.56. The van der Waals surface area contributed by atoms with Gasteiger partial charge in [0.05, 0.1) is 0 Å². The lowest BCUT2D eigenvalue weighted by molar-refractivity contribution is 0.664. The van der Waals surface area contributed by atoms with Crippen LogP contribution in [0.3, 0.4) is 0 Å². The predicted octanol–water partition coefficient (Wildman–Crippen LogP) is 4.97. The normalized spacial score (nSPS) is 18.4. The molecule has 1 aromatic rings. The van der Waals surface area contributed by atoms with E-state index in [0.717, 1.165) is 0 Å². The van der Waals surface area contributed by atoms with E-state index in [0.29, 0.717) is 5.92 Å². The van der Waals surface area contributed by atoms with E-state index >= 15 is 0 Å². The first-order valence-electron chi connectivity index (χ1n) is 7.66. The van der Waals surface area contributed by atoms with Crippen molar-refractivity contribution >= 4 is 5.69 Å². The Kier molecular flexibility index (Phi) is 5.10. The third kappa shape index (κ3) is 3.51. The van der Waals surface area contributed by atoms with Crippen LogP contribution < -0.4 is 4.90 Å². The van der Waals surface area contributed by atoms with E-state index < -0.39 is 0 Å². The van der Waals surface area contributed by atoms with Gasteiger partial charge in [-0.15, -0.1) is 0 Å². The molecule has 0 aromatic heterocycles. The smallest absolute Gasteiger partial charge is 0.0366 e. The van der Waals surface area contributed by atoms with Crippen LogP contribution in [-0.4, -0.2) is 13.1 Å². The van der Waals surface area contributed by atoms with Crippen LogP contribution in [0.25, 0.3) is 0 Å². The Morgan fingerprint density at radius 3 is 2.17 bits per heavy atom. The number of nitrogens with zero attached hydrogens (tertiary/aromatic N) is 1. The fourth-order valence-corrected chi connectivity index (χ4v) is 2.94. The van der Waals surface area contributed by atoms with Crippen LogP contribution in [0.2, 0.25) is 0 Å². The zero-order valence-corrected chi connectivity index (χ0v) is 12.0. The monoisotopic (exact) mass is 245 g/mol. The van der Waals surface area contributed by atoms with Gasteiger partial charge in [0, 0.05) is 18.8 Å². The molecule has 1 heterocycles. The van der Waals surface area contributed by atoms with Crippen molar-refractivity contribution in [2.45, 2.75) is 58.3 Å². The Morgan fingerprint density at radius 2 is 1.61 bits per heavy atom. The maximum atomic E-state index is 2.56. The molecule has 0 amide bonds. The summed E-state index contributed by atoms with van der Waals surface area (Å²) in [6, 6.07) is 9.32. The summed E-state index contributed by atoms with van der Waals surface area (Å²) in [5.74, 6) is 0.702. The van der Waals surface area contributed by atoms with Crippen molar-refractivity contribution in [3.8, 4) is 0 Å². The quantitative estimate of drug-likeness (QED) is 0.724. The summed E-state index contributed by atoms with van der Waals surface area (Å²) in [5.41, 5.74) is 2.92. The lowest BCUT2D eigenvalue weighted by Crippen LogP contribution is -2.23. The molecule has 1 heteroatoms. The van der Waals surface area contributed by atoms with Crippen LogP contribution in [0.5, 0.6) is 0 Å². The van der Waals surface area contributed by atoms with Crippen LogP contribution in [0.15, 0.2) is 24.3 Å². The summed E-state index contributed by atoms with van der Waals surface area (Å²) in [4.78, 5) is 2.56. The van der Waals surface area contributed by atoms with E-state index in [4.69, 9.17) is 0 Å². The molecule has 1 atom stereocenters. The average molecular weight is 245 g/mol. The largest absolute Gasteiger partial charge is 0.372 e. The van der Waals surface area contributed by atoms with Gasteiger partial charge < -0.3 is 4.90 Å². The third-order valence-corrected chi connectivity index (χ3v) is 4.16. The van der Waals surface area contributed by atoms with Crippen molar-refractivity contribution in [2.75, 3.05) is 18.0 Å². The number of hydrogen-bond donors (Lipinski definition) is 0. The second-order valence-electron chi connectivity index (χ2n) is 5.68. The van der Waals surface area contributed by atoms with Gasteiger partial charge in [-0.2, -0.15) is 0 Å². The second kappa shape index (κ2) is 6.82. The minimum absolute atomic E-state index is 0.702. The van der Waals surface area contributed by atoms with Gasteiger partial charge in [-0.1, -0.05) is 45.2 Å². The molecule has 100 valence electrons. The summed E-state index contributed by atoms with van der Waals surface area (Å²) in [7, 11) is 0. The van der Waals surface area contributed by atoms with Crippen molar-refractivity contribution in [3.63, 3.8) is 0 Å². The van der Waals surface area contributed by atoms with Crippen LogP contribution in [0.1, 0.15) is 63.9 Å². The van der Waals surface area contributed by atoms with E-state index in [1.54, 1.807) is 0 Å². The van der Waals surface area contributed by atoms with E-state index in [1.165, 1.54) is 62.9 Å². The first-order valence-corrected chi connectivity index (χ1v) is 7.66. The maximum Gasteiger partial charge on any atom is 0.0366 e. The molecule has 0 spiro atoms. The number of rotatable bonds is 4. The van der Waals surface area contributed by atoms with Crippen LogP contribution >= 0.6 is 0 Å². The van der Waals surface area contributed by atoms with Crippen LogP contribution in [0, 0.1) is 0 Å². The molecule has 1 unspecified atom stereocenters. The zero-order chi connectivity index (χ0) is 12.8. The van der Waals surface area contributed by atoms with Crippen molar-refractivity contribution in [2.24, 2.45) is 0 Å². The number of hydrogen-bond acceptors (Lipinski definition) is 1. The Hall–Kier alpha value is -0.980. The first kappa shape index (κ1) is 13.5. The molecule has 18 heavy (non-hydrogen) atoms. The van der Waals surface area contributed by atoms with Crippen molar-refractivity contribution < 1.29 is 0 Å². The highest BCUT2D eigenvalue weighted by Gasteiger charge is 2.10. The highest BCUT2D eigenvalue weighted by molar-refractivity contribution is 5.48. The summed E-state index contributed by atoms with van der Waals surface area (Å²) < 4.78 is 0.